The first-order valence-corrected chi connectivity index (χ1v) is 5.84. The zero-order valence-electron chi connectivity index (χ0n) is 10.3. The first-order chi connectivity index (χ1) is 8.59. The van der Waals surface area contributed by atoms with Crippen LogP contribution in [0.1, 0.15) is 12.8 Å². The highest BCUT2D eigenvalue weighted by Gasteiger charge is 2.32. The minimum Gasteiger partial charge on any atom is -0.388 e. The highest BCUT2D eigenvalue weighted by Crippen LogP contribution is 2.21. The molecule has 1 aromatic rings. The molecule has 0 atom stereocenters. The van der Waals surface area contributed by atoms with E-state index in [2.05, 4.69) is 15.5 Å². The van der Waals surface area contributed by atoms with Crippen LogP contribution in [0.15, 0.2) is 6.33 Å². The maximum absolute atomic E-state index is 11.9. The van der Waals surface area contributed by atoms with Crippen molar-refractivity contribution in [2.75, 3.05) is 26.8 Å². The Balaban J connectivity index is 1.86. The van der Waals surface area contributed by atoms with Crippen molar-refractivity contribution in [3.63, 3.8) is 0 Å². The summed E-state index contributed by atoms with van der Waals surface area (Å²) in [5, 5.41) is 20.8. The van der Waals surface area contributed by atoms with Gasteiger partial charge in [-0.15, -0.1) is 5.10 Å². The van der Waals surface area contributed by atoms with E-state index in [1.54, 1.807) is 7.05 Å². The summed E-state index contributed by atoms with van der Waals surface area (Å²) < 4.78 is 6.55. The second-order valence-electron chi connectivity index (χ2n) is 4.59. The van der Waals surface area contributed by atoms with Gasteiger partial charge in [0.2, 0.25) is 5.91 Å². The van der Waals surface area contributed by atoms with Crippen molar-refractivity contribution in [2.45, 2.75) is 25.0 Å². The van der Waals surface area contributed by atoms with Gasteiger partial charge in [-0.1, -0.05) is 0 Å². The summed E-state index contributed by atoms with van der Waals surface area (Å²) in [4.78, 5) is 13.4. The summed E-state index contributed by atoms with van der Waals surface area (Å²) >= 11 is 0. The van der Waals surface area contributed by atoms with E-state index in [0.717, 1.165) is 0 Å². The predicted octanol–water partition coefficient (Wildman–Crippen LogP) is -1.33. The summed E-state index contributed by atoms with van der Waals surface area (Å²) in [6.45, 7) is 1.45. The number of aliphatic hydroxyl groups is 1. The molecular formula is C10H17N5O3. The van der Waals surface area contributed by atoms with Crippen molar-refractivity contribution in [1.82, 2.24) is 25.1 Å². The molecule has 8 nitrogen and oxygen atoms in total. The van der Waals surface area contributed by atoms with Crippen molar-refractivity contribution in [3.05, 3.63) is 6.33 Å². The van der Waals surface area contributed by atoms with Crippen molar-refractivity contribution in [2.24, 2.45) is 0 Å². The van der Waals surface area contributed by atoms with Gasteiger partial charge in [0.05, 0.1) is 5.60 Å². The van der Waals surface area contributed by atoms with Gasteiger partial charge in [0.25, 0.3) is 0 Å². The predicted molar refractivity (Wildman–Crippen MR) is 60.5 cm³/mol. The maximum atomic E-state index is 11.9. The van der Waals surface area contributed by atoms with Crippen LogP contribution in [0.2, 0.25) is 0 Å². The molecule has 1 aromatic heterocycles. The van der Waals surface area contributed by atoms with Crippen LogP contribution in [0.5, 0.6) is 0 Å². The number of amides is 1. The number of rotatable bonds is 4. The van der Waals surface area contributed by atoms with Gasteiger partial charge in [0.1, 0.15) is 12.9 Å². The monoisotopic (exact) mass is 255 g/mol. The van der Waals surface area contributed by atoms with Crippen LogP contribution in [-0.2, 0) is 16.1 Å². The van der Waals surface area contributed by atoms with E-state index in [1.165, 1.54) is 15.9 Å². The fourth-order valence-electron chi connectivity index (χ4n) is 1.95. The third-order valence-electron chi connectivity index (χ3n) is 3.07. The fraction of sp³-hybridized carbons (Fsp3) is 0.800. The van der Waals surface area contributed by atoms with E-state index in [4.69, 9.17) is 4.74 Å². The Morgan fingerprint density at radius 2 is 2.28 bits per heavy atom. The van der Waals surface area contributed by atoms with Crippen LogP contribution >= 0.6 is 0 Å². The standard InChI is InChI=1S/C10H17N5O3/c1-14(7-10(17)2-4-18-5-3-10)9(16)6-15-8-11-12-13-15/h8,17H,2-7H2,1H3. The van der Waals surface area contributed by atoms with Crippen LogP contribution in [-0.4, -0.2) is 68.5 Å². The molecule has 0 radical (unpaired) electrons. The highest BCUT2D eigenvalue weighted by atomic mass is 16.5. The Bertz CT molecular complexity index is 388. The normalized spacial score (nSPS) is 18.6. The van der Waals surface area contributed by atoms with E-state index < -0.39 is 5.60 Å². The molecule has 8 heteroatoms. The minimum absolute atomic E-state index is 0.0794. The molecule has 100 valence electrons. The van der Waals surface area contributed by atoms with Gasteiger partial charge >= 0.3 is 0 Å². The van der Waals surface area contributed by atoms with E-state index >= 15 is 0 Å². The Morgan fingerprint density at radius 1 is 1.56 bits per heavy atom. The second kappa shape index (κ2) is 5.40. The fourth-order valence-corrected chi connectivity index (χ4v) is 1.95. The number of carbonyl (C=O) groups excluding carboxylic acids is 1. The summed E-state index contributed by atoms with van der Waals surface area (Å²) in [7, 11) is 1.67. The average Bonchev–Trinajstić information content (AvgIpc) is 2.82. The van der Waals surface area contributed by atoms with Gasteiger partial charge in [-0.25, -0.2) is 4.68 Å². The number of carbonyl (C=O) groups is 1. The molecule has 1 N–H and O–H groups in total. The summed E-state index contributed by atoms with van der Waals surface area (Å²) in [6.07, 6.45) is 2.49. The average molecular weight is 255 g/mol. The van der Waals surface area contributed by atoms with Gasteiger partial charge in [-0.3, -0.25) is 4.79 Å². The van der Waals surface area contributed by atoms with Crippen LogP contribution < -0.4 is 0 Å². The number of aromatic nitrogens is 4. The number of likely N-dealkylation sites (N-methyl/N-ethyl adjacent to an activating group) is 1. The lowest BCUT2D eigenvalue weighted by molar-refractivity contribution is -0.137. The molecule has 1 saturated heterocycles. The first-order valence-electron chi connectivity index (χ1n) is 5.84. The van der Waals surface area contributed by atoms with Crippen LogP contribution in [0.4, 0.5) is 0 Å². The molecule has 1 amide bonds. The van der Waals surface area contributed by atoms with Gasteiger partial charge < -0.3 is 14.7 Å². The van der Waals surface area contributed by atoms with Gasteiger partial charge in [-0.05, 0) is 10.4 Å². The third kappa shape index (κ3) is 3.23. The topological polar surface area (TPSA) is 93.4 Å². The van der Waals surface area contributed by atoms with Gasteiger partial charge in [0.15, 0.2) is 0 Å². The molecule has 18 heavy (non-hydrogen) atoms. The summed E-state index contributed by atoms with van der Waals surface area (Å²) in [5.41, 5.74) is -0.844. The largest absolute Gasteiger partial charge is 0.388 e. The molecule has 2 rings (SSSR count). The lowest BCUT2D eigenvalue weighted by Crippen LogP contribution is -2.48. The van der Waals surface area contributed by atoms with E-state index in [-0.39, 0.29) is 12.5 Å². The van der Waals surface area contributed by atoms with E-state index in [9.17, 15) is 9.90 Å². The van der Waals surface area contributed by atoms with Crippen molar-refractivity contribution >= 4 is 5.91 Å². The molecule has 1 fully saturated rings. The Labute approximate surface area is 105 Å². The van der Waals surface area contributed by atoms with Crippen LogP contribution in [0.3, 0.4) is 0 Å². The molecule has 2 heterocycles. The quantitative estimate of drug-likeness (QED) is 0.716. The molecule has 0 aromatic carbocycles. The maximum Gasteiger partial charge on any atom is 0.244 e. The lowest BCUT2D eigenvalue weighted by Gasteiger charge is -2.35. The molecular weight excluding hydrogens is 238 g/mol. The van der Waals surface area contributed by atoms with Crippen molar-refractivity contribution < 1.29 is 14.6 Å². The number of ether oxygens (including phenoxy) is 1. The molecule has 0 aliphatic carbocycles. The lowest BCUT2D eigenvalue weighted by atomic mass is 9.94. The number of hydrogen-bond acceptors (Lipinski definition) is 6. The van der Waals surface area contributed by atoms with Crippen LogP contribution in [0.25, 0.3) is 0 Å². The van der Waals surface area contributed by atoms with E-state index in [1.807, 2.05) is 0 Å². The molecule has 1 aliphatic rings. The van der Waals surface area contributed by atoms with E-state index in [0.29, 0.717) is 32.6 Å². The molecule has 0 unspecified atom stereocenters. The molecule has 1 aliphatic heterocycles. The zero-order valence-corrected chi connectivity index (χ0v) is 10.3. The molecule has 0 bridgehead atoms. The minimum atomic E-state index is -0.844. The van der Waals surface area contributed by atoms with Crippen LogP contribution in [0, 0.1) is 0 Å². The summed E-state index contributed by atoms with van der Waals surface area (Å²) in [5.74, 6) is -0.137. The molecule has 0 spiro atoms. The molecule has 0 saturated carbocycles. The second-order valence-corrected chi connectivity index (χ2v) is 4.59. The smallest absolute Gasteiger partial charge is 0.244 e. The Kier molecular flexibility index (Phi) is 3.87. The number of nitrogens with zero attached hydrogens (tertiary/aromatic N) is 5. The number of tetrazole rings is 1. The Hall–Kier alpha value is -1.54. The summed E-state index contributed by atoms with van der Waals surface area (Å²) in [6, 6.07) is 0. The van der Waals surface area contributed by atoms with Crippen molar-refractivity contribution in [3.8, 4) is 0 Å². The highest BCUT2D eigenvalue weighted by molar-refractivity contribution is 5.75. The first kappa shape index (κ1) is 12.9. The van der Waals surface area contributed by atoms with Gasteiger partial charge in [0, 0.05) is 39.6 Å². The van der Waals surface area contributed by atoms with Gasteiger partial charge in [-0.2, -0.15) is 0 Å². The zero-order chi connectivity index (χ0) is 13.0. The van der Waals surface area contributed by atoms with Crippen molar-refractivity contribution in [1.29, 1.82) is 0 Å². The Morgan fingerprint density at radius 3 is 2.89 bits per heavy atom. The third-order valence-corrected chi connectivity index (χ3v) is 3.07. The number of hydrogen-bond donors (Lipinski definition) is 1. The SMILES string of the molecule is CN(CC1(O)CCOCC1)C(=O)Cn1cnnn1.